The fourth-order valence-corrected chi connectivity index (χ4v) is 2.02. The predicted octanol–water partition coefficient (Wildman–Crippen LogP) is 3.33. The first-order chi connectivity index (χ1) is 9.59. The fraction of sp³-hybridized carbons (Fsp3) is 0.214. The van der Waals surface area contributed by atoms with Gasteiger partial charge in [-0.1, -0.05) is 12.1 Å². The van der Waals surface area contributed by atoms with Crippen molar-refractivity contribution in [2.75, 3.05) is 20.2 Å². The van der Waals surface area contributed by atoms with Gasteiger partial charge >= 0.3 is 0 Å². The zero-order valence-electron chi connectivity index (χ0n) is 10.8. The highest BCUT2D eigenvalue weighted by Gasteiger charge is 2.17. The maximum absolute atomic E-state index is 13.3. The third kappa shape index (κ3) is 3.39. The topological polar surface area (TPSA) is 42.7 Å². The minimum Gasteiger partial charge on any atom is -0.489 e. The van der Waals surface area contributed by atoms with Gasteiger partial charge in [-0.15, -0.1) is 0 Å². The summed E-state index contributed by atoms with van der Waals surface area (Å²) in [6.07, 6.45) is 1.43. The second-order valence-electron chi connectivity index (χ2n) is 4.11. The van der Waals surface area contributed by atoms with Crippen molar-refractivity contribution in [1.29, 1.82) is 0 Å². The second-order valence-corrected chi connectivity index (χ2v) is 4.83. The van der Waals surface area contributed by atoms with Crippen LogP contribution in [0.5, 0.6) is 5.75 Å². The van der Waals surface area contributed by atoms with Crippen LogP contribution in [0.15, 0.2) is 45.7 Å². The van der Waals surface area contributed by atoms with E-state index in [2.05, 4.69) is 15.9 Å². The smallest absolute Gasteiger partial charge is 0.258 e. The summed E-state index contributed by atoms with van der Waals surface area (Å²) in [6, 6.07) is 7.74. The average Bonchev–Trinajstić information content (AvgIpc) is 2.86. The number of carbonyl (C=O) groups is 1. The lowest BCUT2D eigenvalue weighted by molar-refractivity contribution is 0.0771. The number of hydrogen-bond acceptors (Lipinski definition) is 3. The standard InChI is InChI=1S/C14H13BrFNO3/c1-17(14(18)10-6-8-20-13(10)15)7-9-19-12-5-3-2-4-11(12)16/h2-6,8H,7,9H2,1H3. The third-order valence-electron chi connectivity index (χ3n) is 2.72. The number of nitrogens with zero attached hydrogens (tertiary/aromatic N) is 1. The van der Waals surface area contributed by atoms with E-state index in [1.54, 1.807) is 31.3 Å². The number of carbonyl (C=O) groups excluding carboxylic acids is 1. The zero-order chi connectivity index (χ0) is 14.5. The minimum absolute atomic E-state index is 0.179. The molecule has 0 aliphatic rings. The van der Waals surface area contributed by atoms with E-state index in [0.717, 1.165) is 0 Å². The third-order valence-corrected chi connectivity index (χ3v) is 3.33. The van der Waals surface area contributed by atoms with Crippen molar-refractivity contribution in [3.63, 3.8) is 0 Å². The van der Waals surface area contributed by atoms with Crippen LogP contribution in [0.1, 0.15) is 10.4 Å². The van der Waals surface area contributed by atoms with Gasteiger partial charge in [-0.25, -0.2) is 4.39 Å². The van der Waals surface area contributed by atoms with Gasteiger partial charge in [-0.2, -0.15) is 0 Å². The summed E-state index contributed by atoms with van der Waals surface area (Å²) in [5.41, 5.74) is 0.443. The van der Waals surface area contributed by atoms with Gasteiger partial charge in [0.05, 0.1) is 18.4 Å². The van der Waals surface area contributed by atoms with Crippen LogP contribution in [0.25, 0.3) is 0 Å². The molecule has 0 unspecified atom stereocenters. The molecule has 0 N–H and O–H groups in total. The molecular weight excluding hydrogens is 329 g/mol. The second kappa shape index (κ2) is 6.56. The van der Waals surface area contributed by atoms with Gasteiger partial charge in [-0.05, 0) is 34.1 Å². The summed E-state index contributed by atoms with van der Waals surface area (Å²) in [5.74, 6) is -0.431. The molecule has 0 aliphatic carbocycles. The molecule has 0 atom stereocenters. The van der Waals surface area contributed by atoms with Gasteiger partial charge in [0.25, 0.3) is 5.91 Å². The Morgan fingerprint density at radius 2 is 2.15 bits per heavy atom. The van der Waals surface area contributed by atoms with E-state index in [9.17, 15) is 9.18 Å². The average molecular weight is 342 g/mol. The van der Waals surface area contributed by atoms with Gasteiger partial charge < -0.3 is 14.1 Å². The van der Waals surface area contributed by atoms with E-state index in [4.69, 9.17) is 9.15 Å². The molecule has 4 nitrogen and oxygen atoms in total. The van der Waals surface area contributed by atoms with Crippen molar-refractivity contribution in [1.82, 2.24) is 4.90 Å². The number of para-hydroxylation sites is 1. The molecule has 0 radical (unpaired) electrons. The lowest BCUT2D eigenvalue weighted by atomic mass is 10.3. The fourth-order valence-electron chi connectivity index (χ4n) is 1.61. The van der Waals surface area contributed by atoms with Crippen LogP contribution in [-0.4, -0.2) is 31.0 Å². The molecule has 0 saturated carbocycles. The molecule has 20 heavy (non-hydrogen) atoms. The van der Waals surface area contributed by atoms with Gasteiger partial charge in [0.2, 0.25) is 0 Å². The van der Waals surface area contributed by atoms with Crippen molar-refractivity contribution in [2.45, 2.75) is 0 Å². The maximum atomic E-state index is 13.3. The number of furan rings is 1. The molecule has 2 aromatic rings. The molecule has 2 rings (SSSR count). The quantitative estimate of drug-likeness (QED) is 0.837. The van der Waals surface area contributed by atoms with Crippen molar-refractivity contribution in [3.8, 4) is 5.75 Å². The number of ether oxygens (including phenoxy) is 1. The molecule has 6 heteroatoms. The van der Waals surface area contributed by atoms with Crippen LogP contribution in [0.3, 0.4) is 0 Å². The highest BCUT2D eigenvalue weighted by molar-refractivity contribution is 9.10. The Morgan fingerprint density at radius 1 is 1.40 bits per heavy atom. The lowest BCUT2D eigenvalue weighted by Crippen LogP contribution is -2.30. The molecule has 1 aromatic carbocycles. The molecule has 106 valence electrons. The Hall–Kier alpha value is -1.82. The number of benzene rings is 1. The van der Waals surface area contributed by atoms with Crippen molar-refractivity contribution in [3.05, 3.63) is 52.6 Å². The first kappa shape index (κ1) is 14.6. The van der Waals surface area contributed by atoms with E-state index >= 15 is 0 Å². The molecule has 1 aromatic heterocycles. The van der Waals surface area contributed by atoms with E-state index < -0.39 is 5.82 Å². The van der Waals surface area contributed by atoms with Crippen molar-refractivity contribution in [2.24, 2.45) is 0 Å². The number of hydrogen-bond donors (Lipinski definition) is 0. The van der Waals surface area contributed by atoms with Crippen molar-refractivity contribution >= 4 is 21.8 Å². The molecule has 1 heterocycles. The summed E-state index contributed by atoms with van der Waals surface area (Å²) in [7, 11) is 1.65. The molecular formula is C14H13BrFNO3. The predicted molar refractivity (Wildman–Crippen MR) is 75.3 cm³/mol. The normalized spacial score (nSPS) is 10.3. The lowest BCUT2D eigenvalue weighted by Gasteiger charge is -2.17. The van der Waals surface area contributed by atoms with Crippen LogP contribution in [-0.2, 0) is 0 Å². The van der Waals surface area contributed by atoms with Gasteiger partial charge in [-0.3, -0.25) is 4.79 Å². The minimum atomic E-state index is -0.418. The summed E-state index contributed by atoms with van der Waals surface area (Å²) >= 11 is 3.15. The van der Waals surface area contributed by atoms with E-state index in [1.165, 1.54) is 17.2 Å². The highest BCUT2D eigenvalue weighted by Crippen LogP contribution is 2.19. The number of likely N-dealkylation sites (N-methyl/N-ethyl adjacent to an activating group) is 1. The molecule has 0 fully saturated rings. The van der Waals surface area contributed by atoms with Crippen LogP contribution in [0.2, 0.25) is 0 Å². The van der Waals surface area contributed by atoms with Crippen LogP contribution in [0.4, 0.5) is 4.39 Å². The summed E-state index contributed by atoms with van der Waals surface area (Å²) < 4.78 is 24.0. The summed E-state index contributed by atoms with van der Waals surface area (Å²) in [4.78, 5) is 13.5. The molecule has 0 aliphatic heterocycles. The molecule has 0 spiro atoms. The van der Waals surface area contributed by atoms with Crippen LogP contribution >= 0.6 is 15.9 Å². The number of halogens is 2. The largest absolute Gasteiger partial charge is 0.489 e. The Balaban J connectivity index is 1.87. The Kier molecular flexibility index (Phi) is 4.79. The Bertz CT molecular complexity index is 600. The maximum Gasteiger partial charge on any atom is 0.258 e. The van der Waals surface area contributed by atoms with E-state index in [1.807, 2.05) is 0 Å². The molecule has 1 amide bonds. The van der Waals surface area contributed by atoms with Gasteiger partial charge in [0.1, 0.15) is 6.61 Å². The first-order valence-electron chi connectivity index (χ1n) is 5.95. The Labute approximate surface area is 124 Å². The molecule has 0 bridgehead atoms. The van der Waals surface area contributed by atoms with Gasteiger partial charge in [0, 0.05) is 7.05 Å². The number of rotatable bonds is 5. The molecule has 0 saturated heterocycles. The zero-order valence-corrected chi connectivity index (χ0v) is 12.4. The highest BCUT2D eigenvalue weighted by atomic mass is 79.9. The van der Waals surface area contributed by atoms with E-state index in [0.29, 0.717) is 16.8 Å². The summed E-state index contributed by atoms with van der Waals surface area (Å²) in [5, 5.41) is 0. The van der Waals surface area contributed by atoms with Gasteiger partial charge in [0.15, 0.2) is 16.2 Å². The summed E-state index contributed by atoms with van der Waals surface area (Å²) in [6.45, 7) is 0.545. The Morgan fingerprint density at radius 3 is 2.80 bits per heavy atom. The van der Waals surface area contributed by atoms with Crippen LogP contribution < -0.4 is 4.74 Å². The monoisotopic (exact) mass is 341 g/mol. The first-order valence-corrected chi connectivity index (χ1v) is 6.74. The number of amides is 1. The van der Waals surface area contributed by atoms with Crippen LogP contribution in [0, 0.1) is 5.82 Å². The van der Waals surface area contributed by atoms with Crippen molar-refractivity contribution < 1.29 is 18.3 Å². The van der Waals surface area contributed by atoms with E-state index in [-0.39, 0.29) is 18.3 Å². The SMILES string of the molecule is CN(CCOc1ccccc1F)C(=O)c1ccoc1Br.